The molecule has 1 fully saturated rings. The third kappa shape index (κ3) is 1.00. The van der Waals surface area contributed by atoms with Gasteiger partial charge in [-0.3, -0.25) is 9.69 Å². The Kier molecular flexibility index (Phi) is 1.38. The fourth-order valence-corrected chi connectivity index (χ4v) is 1.28. The van der Waals surface area contributed by atoms with Crippen LogP contribution < -0.4 is 4.90 Å². The number of carbonyl (C=O) groups excluding carboxylic acids is 1. The molecular weight excluding hydrogens is 142 g/mol. The molecule has 1 aliphatic rings. The molecule has 0 radical (unpaired) electrons. The van der Waals surface area contributed by atoms with Crippen molar-refractivity contribution in [3.05, 3.63) is 12.4 Å². The second-order valence-electron chi connectivity index (χ2n) is 2.56. The standard InChI is InChI=1S/C7H9N3O/c11-6-2-1-5-10(6)7-8-3-4-9-7/h3-4H,1-2,5H2,(H,8,9). The normalized spacial score (nSPS) is 17.8. The molecule has 4 heteroatoms. The minimum absolute atomic E-state index is 0.167. The van der Waals surface area contributed by atoms with Crippen LogP contribution in [0.4, 0.5) is 5.95 Å². The van der Waals surface area contributed by atoms with Gasteiger partial charge in [0.2, 0.25) is 11.9 Å². The van der Waals surface area contributed by atoms with Crippen LogP contribution >= 0.6 is 0 Å². The number of imidazole rings is 1. The summed E-state index contributed by atoms with van der Waals surface area (Å²) in [6.45, 7) is 0.798. The number of hydrogen-bond acceptors (Lipinski definition) is 2. The quantitative estimate of drug-likeness (QED) is 0.636. The van der Waals surface area contributed by atoms with Crippen LogP contribution in [-0.2, 0) is 4.79 Å². The lowest BCUT2D eigenvalue weighted by molar-refractivity contribution is -0.117. The molecular formula is C7H9N3O. The Morgan fingerprint density at radius 2 is 2.55 bits per heavy atom. The van der Waals surface area contributed by atoms with E-state index < -0.39 is 0 Å². The highest BCUT2D eigenvalue weighted by Gasteiger charge is 2.22. The molecule has 58 valence electrons. The van der Waals surface area contributed by atoms with Gasteiger partial charge in [0.1, 0.15) is 0 Å². The maximum atomic E-state index is 11.1. The number of amides is 1. The third-order valence-corrected chi connectivity index (χ3v) is 1.81. The lowest BCUT2D eigenvalue weighted by atomic mass is 10.4. The zero-order valence-corrected chi connectivity index (χ0v) is 6.08. The first-order chi connectivity index (χ1) is 5.38. The summed E-state index contributed by atoms with van der Waals surface area (Å²) in [5, 5.41) is 0. The Morgan fingerprint density at radius 1 is 1.64 bits per heavy atom. The largest absolute Gasteiger partial charge is 0.331 e. The van der Waals surface area contributed by atoms with Crippen molar-refractivity contribution in [3.63, 3.8) is 0 Å². The molecule has 0 spiro atoms. The van der Waals surface area contributed by atoms with Crippen molar-refractivity contribution < 1.29 is 4.79 Å². The maximum absolute atomic E-state index is 11.1. The van der Waals surface area contributed by atoms with Gasteiger partial charge >= 0.3 is 0 Å². The van der Waals surface area contributed by atoms with Crippen LogP contribution in [0, 0.1) is 0 Å². The summed E-state index contributed by atoms with van der Waals surface area (Å²) in [6.07, 6.45) is 4.97. The first-order valence-corrected chi connectivity index (χ1v) is 3.67. The van der Waals surface area contributed by atoms with Crippen LogP contribution in [0.3, 0.4) is 0 Å². The highest BCUT2D eigenvalue weighted by molar-refractivity contribution is 5.93. The van der Waals surface area contributed by atoms with Crippen LogP contribution in [-0.4, -0.2) is 22.4 Å². The SMILES string of the molecule is O=C1CCCN1c1ncc[nH]1. The van der Waals surface area contributed by atoms with E-state index >= 15 is 0 Å². The van der Waals surface area contributed by atoms with E-state index in [4.69, 9.17) is 0 Å². The topological polar surface area (TPSA) is 49.0 Å². The van der Waals surface area contributed by atoms with E-state index in [9.17, 15) is 4.79 Å². The number of nitrogens with one attached hydrogen (secondary N) is 1. The molecule has 1 amide bonds. The van der Waals surface area contributed by atoms with Crippen LogP contribution in [0.15, 0.2) is 12.4 Å². The lowest BCUT2D eigenvalue weighted by Crippen LogP contribution is -2.24. The number of aromatic nitrogens is 2. The second-order valence-corrected chi connectivity index (χ2v) is 2.56. The van der Waals surface area contributed by atoms with Gasteiger partial charge in [-0.25, -0.2) is 4.98 Å². The first kappa shape index (κ1) is 6.39. The number of aromatic amines is 1. The van der Waals surface area contributed by atoms with Crippen LogP contribution in [0.5, 0.6) is 0 Å². The minimum Gasteiger partial charge on any atom is -0.331 e. The molecule has 1 aliphatic heterocycles. The molecule has 0 aromatic carbocycles. The highest BCUT2D eigenvalue weighted by atomic mass is 16.2. The summed E-state index contributed by atoms with van der Waals surface area (Å²) in [6, 6.07) is 0. The molecule has 0 bridgehead atoms. The molecule has 0 saturated carbocycles. The minimum atomic E-state index is 0.167. The number of H-pyrrole nitrogens is 1. The number of anilines is 1. The number of hydrogen-bond donors (Lipinski definition) is 1. The van der Waals surface area contributed by atoms with E-state index in [2.05, 4.69) is 9.97 Å². The van der Waals surface area contributed by atoms with Gasteiger partial charge in [0, 0.05) is 25.4 Å². The molecule has 1 aromatic rings. The molecule has 4 nitrogen and oxygen atoms in total. The van der Waals surface area contributed by atoms with E-state index in [1.165, 1.54) is 0 Å². The van der Waals surface area contributed by atoms with Gasteiger partial charge in [0.15, 0.2) is 0 Å². The molecule has 2 heterocycles. The summed E-state index contributed by atoms with van der Waals surface area (Å²) in [4.78, 5) is 19.7. The molecule has 0 aliphatic carbocycles. The Morgan fingerprint density at radius 3 is 3.09 bits per heavy atom. The van der Waals surface area contributed by atoms with Gasteiger partial charge in [-0.15, -0.1) is 0 Å². The van der Waals surface area contributed by atoms with E-state index in [0.717, 1.165) is 13.0 Å². The monoisotopic (exact) mass is 151 g/mol. The Hall–Kier alpha value is -1.32. The third-order valence-electron chi connectivity index (χ3n) is 1.81. The Labute approximate surface area is 64.2 Å². The van der Waals surface area contributed by atoms with Crippen molar-refractivity contribution in [1.29, 1.82) is 0 Å². The fraction of sp³-hybridized carbons (Fsp3) is 0.429. The zero-order valence-electron chi connectivity index (χ0n) is 6.08. The summed E-state index contributed by atoms with van der Waals surface area (Å²) in [5.41, 5.74) is 0. The van der Waals surface area contributed by atoms with Gasteiger partial charge in [-0.2, -0.15) is 0 Å². The van der Waals surface area contributed by atoms with Gasteiger partial charge in [-0.05, 0) is 6.42 Å². The van der Waals surface area contributed by atoms with E-state index in [-0.39, 0.29) is 5.91 Å². The maximum Gasteiger partial charge on any atom is 0.229 e. The average Bonchev–Trinajstić information content (AvgIpc) is 2.55. The average molecular weight is 151 g/mol. The summed E-state index contributed by atoms with van der Waals surface area (Å²) in [5.74, 6) is 0.840. The zero-order chi connectivity index (χ0) is 7.68. The Balaban J connectivity index is 2.23. The van der Waals surface area contributed by atoms with Crippen molar-refractivity contribution in [1.82, 2.24) is 9.97 Å². The molecule has 0 atom stereocenters. The van der Waals surface area contributed by atoms with Crippen molar-refractivity contribution in [2.24, 2.45) is 0 Å². The van der Waals surface area contributed by atoms with Gasteiger partial charge in [0.05, 0.1) is 0 Å². The molecule has 0 unspecified atom stereocenters. The van der Waals surface area contributed by atoms with E-state index in [1.54, 1.807) is 17.3 Å². The molecule has 1 saturated heterocycles. The molecule has 2 rings (SSSR count). The van der Waals surface area contributed by atoms with E-state index in [1.807, 2.05) is 0 Å². The lowest BCUT2D eigenvalue weighted by Gasteiger charge is -2.10. The van der Waals surface area contributed by atoms with Crippen LogP contribution in [0.1, 0.15) is 12.8 Å². The smallest absolute Gasteiger partial charge is 0.229 e. The van der Waals surface area contributed by atoms with Crippen LogP contribution in [0.25, 0.3) is 0 Å². The predicted octanol–water partition coefficient (Wildman–Crippen LogP) is 0.536. The fourth-order valence-electron chi connectivity index (χ4n) is 1.28. The van der Waals surface area contributed by atoms with E-state index in [0.29, 0.717) is 12.4 Å². The summed E-state index contributed by atoms with van der Waals surface area (Å²) >= 11 is 0. The van der Waals surface area contributed by atoms with Crippen molar-refractivity contribution in [2.45, 2.75) is 12.8 Å². The van der Waals surface area contributed by atoms with Crippen molar-refractivity contribution >= 4 is 11.9 Å². The van der Waals surface area contributed by atoms with Gasteiger partial charge in [-0.1, -0.05) is 0 Å². The molecule has 1 N–H and O–H groups in total. The summed E-state index contributed by atoms with van der Waals surface area (Å²) < 4.78 is 0. The summed E-state index contributed by atoms with van der Waals surface area (Å²) in [7, 11) is 0. The Bertz CT molecular complexity index is 255. The predicted molar refractivity (Wildman–Crippen MR) is 40.2 cm³/mol. The second kappa shape index (κ2) is 2.38. The highest BCUT2D eigenvalue weighted by Crippen LogP contribution is 2.15. The number of rotatable bonds is 1. The molecule has 1 aromatic heterocycles. The van der Waals surface area contributed by atoms with Crippen LogP contribution in [0.2, 0.25) is 0 Å². The van der Waals surface area contributed by atoms with Crippen molar-refractivity contribution in [3.8, 4) is 0 Å². The number of carbonyl (C=O) groups is 1. The first-order valence-electron chi connectivity index (χ1n) is 3.67. The molecule has 11 heavy (non-hydrogen) atoms. The van der Waals surface area contributed by atoms with Gasteiger partial charge in [0.25, 0.3) is 0 Å². The van der Waals surface area contributed by atoms with Gasteiger partial charge < -0.3 is 4.98 Å². The number of nitrogens with zero attached hydrogens (tertiary/aromatic N) is 2. The van der Waals surface area contributed by atoms with Crippen molar-refractivity contribution in [2.75, 3.05) is 11.4 Å².